The van der Waals surface area contributed by atoms with Gasteiger partial charge in [0, 0.05) is 16.8 Å². The number of sulfone groups is 1. The molecule has 0 bridgehead atoms. The molecule has 6 heteroatoms. The SMILES string of the molecule is CS(=O)(=O)c1ccc(-c2cc(C(=O)O)ccc2Cl)cc1. The predicted octanol–water partition coefficient (Wildman–Crippen LogP) is 3.11. The molecule has 0 heterocycles. The molecule has 0 atom stereocenters. The molecule has 0 aliphatic rings. The minimum absolute atomic E-state index is 0.122. The molecule has 0 saturated heterocycles. The van der Waals surface area contributed by atoms with E-state index in [1.807, 2.05) is 0 Å². The number of carboxylic acids is 1. The van der Waals surface area contributed by atoms with Crippen LogP contribution in [0.15, 0.2) is 47.4 Å². The van der Waals surface area contributed by atoms with Crippen LogP contribution in [0.4, 0.5) is 0 Å². The van der Waals surface area contributed by atoms with Gasteiger partial charge < -0.3 is 5.11 Å². The molecular weight excluding hydrogens is 300 g/mol. The first kappa shape index (κ1) is 14.6. The average molecular weight is 311 g/mol. The zero-order valence-corrected chi connectivity index (χ0v) is 12.1. The summed E-state index contributed by atoms with van der Waals surface area (Å²) >= 11 is 6.05. The second kappa shape index (κ2) is 5.26. The van der Waals surface area contributed by atoms with E-state index in [1.165, 1.54) is 30.3 Å². The Morgan fingerprint density at radius 1 is 1.10 bits per heavy atom. The molecule has 104 valence electrons. The van der Waals surface area contributed by atoms with Gasteiger partial charge in [0.05, 0.1) is 10.5 Å². The van der Waals surface area contributed by atoms with Crippen molar-refractivity contribution >= 4 is 27.4 Å². The maximum atomic E-state index is 11.4. The molecule has 0 aliphatic heterocycles. The molecule has 0 radical (unpaired) electrons. The Morgan fingerprint density at radius 2 is 1.70 bits per heavy atom. The monoisotopic (exact) mass is 310 g/mol. The lowest BCUT2D eigenvalue weighted by Gasteiger charge is -2.07. The van der Waals surface area contributed by atoms with E-state index >= 15 is 0 Å². The Morgan fingerprint density at radius 3 is 2.20 bits per heavy atom. The average Bonchev–Trinajstić information content (AvgIpc) is 2.38. The van der Waals surface area contributed by atoms with Gasteiger partial charge in [-0.15, -0.1) is 0 Å². The zero-order chi connectivity index (χ0) is 14.9. The van der Waals surface area contributed by atoms with Crippen LogP contribution in [-0.2, 0) is 9.84 Å². The van der Waals surface area contributed by atoms with Crippen molar-refractivity contribution in [2.24, 2.45) is 0 Å². The number of hydrogen-bond acceptors (Lipinski definition) is 3. The molecule has 0 spiro atoms. The smallest absolute Gasteiger partial charge is 0.335 e. The molecule has 0 unspecified atom stereocenters. The summed E-state index contributed by atoms with van der Waals surface area (Å²) in [5.41, 5.74) is 1.33. The maximum Gasteiger partial charge on any atom is 0.335 e. The second-order valence-corrected chi connectivity index (χ2v) is 6.72. The van der Waals surface area contributed by atoms with Gasteiger partial charge in [-0.3, -0.25) is 0 Å². The van der Waals surface area contributed by atoms with Crippen LogP contribution in [0.1, 0.15) is 10.4 Å². The Kier molecular flexibility index (Phi) is 3.83. The zero-order valence-electron chi connectivity index (χ0n) is 10.5. The lowest BCUT2D eigenvalue weighted by molar-refractivity contribution is 0.0697. The summed E-state index contributed by atoms with van der Waals surface area (Å²) in [6, 6.07) is 10.5. The Bertz CT molecular complexity index is 764. The van der Waals surface area contributed by atoms with E-state index in [-0.39, 0.29) is 10.5 Å². The van der Waals surface area contributed by atoms with E-state index in [9.17, 15) is 13.2 Å². The van der Waals surface area contributed by atoms with Gasteiger partial charge in [-0.25, -0.2) is 13.2 Å². The topological polar surface area (TPSA) is 71.4 Å². The van der Waals surface area contributed by atoms with Crippen molar-refractivity contribution in [2.45, 2.75) is 4.90 Å². The van der Waals surface area contributed by atoms with Gasteiger partial charge in [-0.05, 0) is 35.9 Å². The number of halogens is 1. The van der Waals surface area contributed by atoms with E-state index < -0.39 is 15.8 Å². The minimum Gasteiger partial charge on any atom is -0.478 e. The minimum atomic E-state index is -3.26. The molecule has 20 heavy (non-hydrogen) atoms. The number of aromatic carboxylic acids is 1. The van der Waals surface area contributed by atoms with Crippen molar-refractivity contribution in [1.82, 2.24) is 0 Å². The molecular formula is C14H11ClO4S. The Hall–Kier alpha value is -1.85. The standard InChI is InChI=1S/C14H11ClO4S/c1-20(18,19)11-5-2-9(3-6-11)12-8-10(14(16)17)4-7-13(12)15/h2-8H,1H3,(H,16,17). The van der Waals surface area contributed by atoms with Gasteiger partial charge in [0.25, 0.3) is 0 Å². The number of benzene rings is 2. The van der Waals surface area contributed by atoms with E-state index in [0.29, 0.717) is 16.1 Å². The first-order valence-corrected chi connectivity index (χ1v) is 7.89. The van der Waals surface area contributed by atoms with Crippen molar-refractivity contribution in [3.63, 3.8) is 0 Å². The van der Waals surface area contributed by atoms with Crippen LogP contribution in [0.25, 0.3) is 11.1 Å². The number of hydrogen-bond donors (Lipinski definition) is 1. The van der Waals surface area contributed by atoms with Crippen LogP contribution < -0.4 is 0 Å². The Labute approximate surface area is 121 Å². The second-order valence-electron chi connectivity index (χ2n) is 4.30. The van der Waals surface area contributed by atoms with E-state index in [0.717, 1.165) is 6.26 Å². The van der Waals surface area contributed by atoms with Crippen LogP contribution in [0.5, 0.6) is 0 Å². The van der Waals surface area contributed by atoms with Crippen LogP contribution in [0, 0.1) is 0 Å². The van der Waals surface area contributed by atoms with E-state index in [1.54, 1.807) is 12.1 Å². The van der Waals surface area contributed by atoms with Gasteiger partial charge in [0.2, 0.25) is 0 Å². The molecule has 2 rings (SSSR count). The van der Waals surface area contributed by atoms with Crippen LogP contribution >= 0.6 is 11.6 Å². The lowest BCUT2D eigenvalue weighted by atomic mass is 10.0. The molecule has 4 nitrogen and oxygen atoms in total. The summed E-state index contributed by atoms with van der Waals surface area (Å²) < 4.78 is 22.8. The number of carbonyl (C=O) groups is 1. The first-order chi connectivity index (χ1) is 9.29. The molecule has 2 aromatic carbocycles. The number of carboxylic acid groups (broad SMARTS) is 1. The lowest BCUT2D eigenvalue weighted by Crippen LogP contribution is -1.97. The summed E-state index contributed by atoms with van der Waals surface area (Å²) in [6.07, 6.45) is 1.13. The highest BCUT2D eigenvalue weighted by molar-refractivity contribution is 7.90. The quantitative estimate of drug-likeness (QED) is 0.945. The summed E-state index contributed by atoms with van der Waals surface area (Å²) in [4.78, 5) is 11.2. The summed E-state index contributed by atoms with van der Waals surface area (Å²) in [6.45, 7) is 0. The van der Waals surface area contributed by atoms with Gasteiger partial charge in [0.1, 0.15) is 0 Å². The van der Waals surface area contributed by atoms with Gasteiger partial charge in [-0.2, -0.15) is 0 Å². The summed E-state index contributed by atoms with van der Waals surface area (Å²) in [5, 5.41) is 9.38. The number of rotatable bonds is 3. The fourth-order valence-electron chi connectivity index (χ4n) is 1.76. The highest BCUT2D eigenvalue weighted by atomic mass is 35.5. The fourth-order valence-corrected chi connectivity index (χ4v) is 2.62. The van der Waals surface area contributed by atoms with E-state index in [2.05, 4.69) is 0 Å². The van der Waals surface area contributed by atoms with Gasteiger partial charge in [-0.1, -0.05) is 23.7 Å². The van der Waals surface area contributed by atoms with Crippen molar-refractivity contribution in [2.75, 3.05) is 6.26 Å². The van der Waals surface area contributed by atoms with Gasteiger partial charge >= 0.3 is 5.97 Å². The largest absolute Gasteiger partial charge is 0.478 e. The first-order valence-electron chi connectivity index (χ1n) is 5.62. The van der Waals surface area contributed by atoms with Gasteiger partial charge in [0.15, 0.2) is 9.84 Å². The van der Waals surface area contributed by atoms with Crippen molar-refractivity contribution in [3.05, 3.63) is 53.1 Å². The third kappa shape index (κ3) is 3.00. The molecule has 0 aromatic heterocycles. The molecule has 1 N–H and O–H groups in total. The highest BCUT2D eigenvalue weighted by Crippen LogP contribution is 2.29. The molecule has 0 saturated carbocycles. The summed E-state index contributed by atoms with van der Waals surface area (Å²) in [7, 11) is -3.26. The van der Waals surface area contributed by atoms with E-state index in [4.69, 9.17) is 16.7 Å². The molecule has 0 aliphatic carbocycles. The third-order valence-corrected chi connectivity index (χ3v) is 4.26. The maximum absolute atomic E-state index is 11.4. The van der Waals surface area contributed by atoms with Crippen molar-refractivity contribution in [3.8, 4) is 11.1 Å². The predicted molar refractivity (Wildman–Crippen MR) is 77.0 cm³/mol. The third-order valence-electron chi connectivity index (χ3n) is 2.81. The summed E-state index contributed by atoms with van der Waals surface area (Å²) in [5.74, 6) is -1.05. The molecule has 0 amide bonds. The van der Waals surface area contributed by atoms with Crippen LogP contribution in [-0.4, -0.2) is 25.7 Å². The molecule has 0 fully saturated rings. The van der Waals surface area contributed by atoms with Crippen molar-refractivity contribution in [1.29, 1.82) is 0 Å². The van der Waals surface area contributed by atoms with Crippen molar-refractivity contribution < 1.29 is 18.3 Å². The Balaban J connectivity index is 2.51. The highest BCUT2D eigenvalue weighted by Gasteiger charge is 2.11. The van der Waals surface area contributed by atoms with Crippen LogP contribution in [0.3, 0.4) is 0 Å². The fraction of sp³-hybridized carbons (Fsp3) is 0.0714. The molecule has 2 aromatic rings. The normalized spacial score (nSPS) is 11.3. The van der Waals surface area contributed by atoms with Crippen LogP contribution in [0.2, 0.25) is 5.02 Å².